The number of carbonyl (C=O) groups excluding carboxylic acids is 1. The number of piperazine rings is 1. The quantitative estimate of drug-likeness (QED) is 0.446. The van der Waals surface area contributed by atoms with E-state index < -0.39 is 4.92 Å². The van der Waals surface area contributed by atoms with Gasteiger partial charge in [0.15, 0.2) is 5.76 Å². The number of non-ortho nitro benzene ring substituents is 1. The van der Waals surface area contributed by atoms with Crippen LogP contribution in [-0.2, 0) is 13.0 Å². The predicted octanol–water partition coefficient (Wildman–Crippen LogP) is 2.80. The summed E-state index contributed by atoms with van der Waals surface area (Å²) in [5, 5.41) is 24.9. The van der Waals surface area contributed by atoms with Crippen LogP contribution in [0.15, 0.2) is 48.2 Å². The summed E-state index contributed by atoms with van der Waals surface area (Å²) in [7, 11) is 0. The monoisotopic (exact) mass is 419 g/mol. The van der Waals surface area contributed by atoms with Gasteiger partial charge in [0.25, 0.3) is 5.69 Å². The van der Waals surface area contributed by atoms with Crippen LogP contribution in [0.4, 0.5) is 5.69 Å². The van der Waals surface area contributed by atoms with Crippen molar-refractivity contribution in [3.8, 4) is 11.5 Å². The summed E-state index contributed by atoms with van der Waals surface area (Å²) in [6.07, 6.45) is 4.21. The minimum absolute atomic E-state index is 0.00938. The average molecular weight is 419 g/mol. The lowest BCUT2D eigenvalue weighted by Crippen LogP contribution is -2.42. The molecule has 1 fully saturated rings. The third-order valence-electron chi connectivity index (χ3n) is 5.95. The Bertz CT molecular complexity index is 1160. The van der Waals surface area contributed by atoms with Crippen molar-refractivity contribution >= 4 is 17.0 Å². The molecule has 0 aromatic heterocycles. The van der Waals surface area contributed by atoms with E-state index in [1.54, 1.807) is 18.2 Å². The van der Waals surface area contributed by atoms with E-state index in [4.69, 9.17) is 4.74 Å². The van der Waals surface area contributed by atoms with E-state index in [1.165, 1.54) is 18.2 Å². The first kappa shape index (κ1) is 19.5. The molecule has 0 saturated carbocycles. The number of nitrogens with zero attached hydrogens (tertiary/aromatic N) is 2. The normalized spacial score (nSPS) is 19.2. The topological polar surface area (TPSA) is 105 Å². The van der Waals surface area contributed by atoms with Crippen LogP contribution in [0.25, 0.3) is 5.57 Å². The zero-order chi connectivity index (χ0) is 21.5. The smallest absolute Gasteiger partial charge is 0.270 e. The standard InChI is InChI=1S/C23H21N3O5/c27-20-6-5-17-22(28)21(31-23(17)19(20)13-25-9-7-24-8-10-25)11-15-2-1-14-3-4-16(26(29)30)12-18(14)15/h2-6,11-12,24,27H,1,7-10,13H2/b21-11-. The number of hydrogen-bond donors (Lipinski definition) is 2. The van der Waals surface area contributed by atoms with E-state index in [-0.39, 0.29) is 23.0 Å². The maximum Gasteiger partial charge on any atom is 0.270 e. The number of nitro groups is 1. The molecule has 0 bridgehead atoms. The van der Waals surface area contributed by atoms with Crippen LogP contribution in [-0.4, -0.2) is 46.9 Å². The van der Waals surface area contributed by atoms with E-state index in [0.717, 1.165) is 42.9 Å². The molecule has 2 heterocycles. The van der Waals surface area contributed by atoms with Crippen molar-refractivity contribution in [3.05, 3.63) is 80.6 Å². The van der Waals surface area contributed by atoms with Gasteiger partial charge in [-0.1, -0.05) is 12.1 Å². The molecule has 2 aliphatic heterocycles. The summed E-state index contributed by atoms with van der Waals surface area (Å²) in [6, 6.07) is 7.87. The van der Waals surface area contributed by atoms with Crippen LogP contribution in [0.2, 0.25) is 0 Å². The Labute approximate surface area is 178 Å². The zero-order valence-electron chi connectivity index (χ0n) is 16.8. The lowest BCUT2D eigenvalue weighted by Gasteiger charge is -2.27. The van der Waals surface area contributed by atoms with Gasteiger partial charge in [0, 0.05) is 44.9 Å². The summed E-state index contributed by atoms with van der Waals surface area (Å²) in [4.78, 5) is 25.9. The van der Waals surface area contributed by atoms with E-state index in [1.807, 2.05) is 6.08 Å². The highest BCUT2D eigenvalue weighted by Gasteiger charge is 2.32. The molecule has 3 aliphatic rings. The Hall–Kier alpha value is -3.49. The number of Topliss-reactive ketones (excluding diaryl/α,β-unsaturated/α-hetero) is 1. The second-order valence-electron chi connectivity index (χ2n) is 7.87. The molecule has 2 aromatic rings. The highest BCUT2D eigenvalue weighted by atomic mass is 16.6. The minimum Gasteiger partial charge on any atom is -0.507 e. The Balaban J connectivity index is 1.46. The van der Waals surface area contributed by atoms with Crippen molar-refractivity contribution in [2.75, 3.05) is 26.2 Å². The number of benzene rings is 2. The number of hydrogen-bond acceptors (Lipinski definition) is 7. The molecule has 0 spiro atoms. The number of ketones is 1. The molecular formula is C23H21N3O5. The number of ether oxygens (including phenoxy) is 1. The van der Waals surface area contributed by atoms with Crippen LogP contribution in [0.3, 0.4) is 0 Å². The van der Waals surface area contributed by atoms with Crippen LogP contribution in [0.5, 0.6) is 11.5 Å². The summed E-state index contributed by atoms with van der Waals surface area (Å²) >= 11 is 0. The summed E-state index contributed by atoms with van der Waals surface area (Å²) in [5.41, 5.74) is 3.47. The molecule has 0 unspecified atom stereocenters. The Morgan fingerprint density at radius 1 is 1.19 bits per heavy atom. The van der Waals surface area contributed by atoms with Gasteiger partial charge in [0.2, 0.25) is 5.78 Å². The summed E-state index contributed by atoms with van der Waals surface area (Å²) in [5.74, 6) is 0.407. The number of allylic oxidation sites excluding steroid dienone is 4. The van der Waals surface area contributed by atoms with Gasteiger partial charge in [0.1, 0.15) is 11.5 Å². The van der Waals surface area contributed by atoms with E-state index in [9.17, 15) is 20.0 Å². The number of fused-ring (bicyclic) bond motifs is 2. The maximum atomic E-state index is 13.0. The van der Waals surface area contributed by atoms with Gasteiger partial charge < -0.3 is 15.2 Å². The average Bonchev–Trinajstić information content (AvgIpc) is 3.32. The largest absolute Gasteiger partial charge is 0.507 e. The van der Waals surface area contributed by atoms with Gasteiger partial charge in [-0.2, -0.15) is 0 Å². The second-order valence-corrected chi connectivity index (χ2v) is 7.87. The SMILES string of the molecule is O=C1/C(=C/C2=CCc3ccc([N+](=O)[O-])cc32)Oc2c1ccc(O)c2CN1CCNCC1. The van der Waals surface area contributed by atoms with E-state index in [0.29, 0.717) is 29.8 Å². The number of nitrogens with one attached hydrogen (secondary N) is 1. The van der Waals surface area contributed by atoms with Crippen LogP contribution in [0.1, 0.15) is 27.0 Å². The molecule has 2 aromatic carbocycles. The number of rotatable bonds is 4. The van der Waals surface area contributed by atoms with E-state index in [2.05, 4.69) is 10.2 Å². The summed E-state index contributed by atoms with van der Waals surface area (Å²) in [6.45, 7) is 3.94. The van der Waals surface area contributed by atoms with Crippen molar-refractivity contribution in [1.29, 1.82) is 0 Å². The fourth-order valence-electron chi connectivity index (χ4n) is 4.28. The van der Waals surface area contributed by atoms with Gasteiger partial charge in [-0.3, -0.25) is 19.8 Å². The number of phenols is 1. The molecule has 8 heteroatoms. The molecule has 0 atom stereocenters. The van der Waals surface area contributed by atoms with Gasteiger partial charge in [-0.25, -0.2) is 0 Å². The van der Waals surface area contributed by atoms with Gasteiger partial charge in [-0.15, -0.1) is 0 Å². The van der Waals surface area contributed by atoms with Crippen molar-refractivity contribution in [3.63, 3.8) is 0 Å². The Kier molecular flexibility index (Phi) is 4.80. The van der Waals surface area contributed by atoms with Crippen LogP contribution in [0, 0.1) is 10.1 Å². The molecular weight excluding hydrogens is 398 g/mol. The zero-order valence-corrected chi connectivity index (χ0v) is 16.8. The van der Waals surface area contributed by atoms with Gasteiger partial charge in [0.05, 0.1) is 16.1 Å². The predicted molar refractivity (Wildman–Crippen MR) is 114 cm³/mol. The molecule has 158 valence electrons. The molecule has 2 N–H and O–H groups in total. The number of phenolic OH excluding ortho intramolecular Hbond substituents is 1. The second kappa shape index (κ2) is 7.64. The number of carbonyl (C=O) groups is 1. The lowest BCUT2D eigenvalue weighted by molar-refractivity contribution is -0.384. The highest BCUT2D eigenvalue weighted by Crippen LogP contribution is 2.41. The maximum absolute atomic E-state index is 13.0. The molecule has 1 saturated heterocycles. The first-order chi connectivity index (χ1) is 15.0. The lowest BCUT2D eigenvalue weighted by atomic mass is 10.0. The fraction of sp³-hybridized carbons (Fsp3) is 0.261. The molecule has 31 heavy (non-hydrogen) atoms. The van der Waals surface area contributed by atoms with Crippen molar-refractivity contribution in [2.45, 2.75) is 13.0 Å². The van der Waals surface area contributed by atoms with Crippen molar-refractivity contribution in [2.24, 2.45) is 0 Å². The van der Waals surface area contributed by atoms with E-state index >= 15 is 0 Å². The third kappa shape index (κ3) is 3.49. The van der Waals surface area contributed by atoms with Crippen LogP contribution >= 0.6 is 0 Å². The Morgan fingerprint density at radius 2 is 2.00 bits per heavy atom. The Morgan fingerprint density at radius 3 is 2.77 bits per heavy atom. The molecule has 0 radical (unpaired) electrons. The number of aromatic hydroxyl groups is 1. The molecule has 5 rings (SSSR count). The highest BCUT2D eigenvalue weighted by molar-refractivity contribution is 6.14. The number of nitro benzene ring substituents is 1. The summed E-state index contributed by atoms with van der Waals surface area (Å²) < 4.78 is 5.96. The van der Waals surface area contributed by atoms with Gasteiger partial charge >= 0.3 is 0 Å². The van der Waals surface area contributed by atoms with Crippen molar-refractivity contribution < 1.29 is 19.6 Å². The van der Waals surface area contributed by atoms with Gasteiger partial charge in [-0.05, 0) is 41.3 Å². The fourth-order valence-corrected chi connectivity index (χ4v) is 4.28. The molecule has 0 amide bonds. The molecule has 1 aliphatic carbocycles. The van der Waals surface area contributed by atoms with Crippen LogP contribution < -0.4 is 10.1 Å². The first-order valence-corrected chi connectivity index (χ1v) is 10.2. The van der Waals surface area contributed by atoms with Crippen molar-refractivity contribution in [1.82, 2.24) is 10.2 Å². The third-order valence-corrected chi connectivity index (χ3v) is 5.95. The minimum atomic E-state index is -0.429. The first-order valence-electron chi connectivity index (χ1n) is 10.2. The molecule has 8 nitrogen and oxygen atoms in total.